The summed E-state index contributed by atoms with van der Waals surface area (Å²) in [5, 5.41) is 11.1. The van der Waals surface area contributed by atoms with Gasteiger partial charge in [0, 0.05) is 13.1 Å². The molecule has 0 unspecified atom stereocenters. The van der Waals surface area contributed by atoms with E-state index in [1.54, 1.807) is 11.0 Å². The summed E-state index contributed by atoms with van der Waals surface area (Å²) in [7, 11) is 0. The van der Waals surface area contributed by atoms with E-state index in [9.17, 15) is 4.79 Å². The number of piperidine rings is 1. The first-order valence-electron chi connectivity index (χ1n) is 8.76. The molecule has 3 rings (SSSR count). The van der Waals surface area contributed by atoms with Gasteiger partial charge in [0.15, 0.2) is 0 Å². The van der Waals surface area contributed by atoms with E-state index in [-0.39, 0.29) is 5.91 Å². The van der Waals surface area contributed by atoms with Gasteiger partial charge in [-0.25, -0.2) is 4.68 Å². The minimum absolute atomic E-state index is 0.233. The average Bonchev–Trinajstić information content (AvgIpc) is 3.17. The summed E-state index contributed by atoms with van der Waals surface area (Å²) in [5.41, 5.74) is 2.24. The van der Waals surface area contributed by atoms with Crippen LogP contribution in [0.2, 0.25) is 0 Å². The van der Waals surface area contributed by atoms with Crippen LogP contribution in [0.5, 0.6) is 0 Å². The molecular weight excluding hydrogens is 302 g/mol. The Hall–Kier alpha value is -2.24. The Kier molecular flexibility index (Phi) is 4.92. The quantitative estimate of drug-likeness (QED) is 0.847. The Bertz CT molecular complexity index is 661. The second-order valence-corrected chi connectivity index (χ2v) is 6.72. The summed E-state index contributed by atoms with van der Waals surface area (Å²) in [6, 6.07) is 7.84. The van der Waals surface area contributed by atoms with E-state index < -0.39 is 0 Å². The molecule has 2 heterocycles. The minimum Gasteiger partial charge on any atom is -0.342 e. The van der Waals surface area contributed by atoms with Gasteiger partial charge in [0.2, 0.25) is 5.91 Å². The molecule has 1 aliphatic heterocycles. The first kappa shape index (κ1) is 16.6. The van der Waals surface area contributed by atoms with Gasteiger partial charge in [0.25, 0.3) is 0 Å². The molecule has 0 spiro atoms. The maximum Gasteiger partial charge on any atom is 0.227 e. The summed E-state index contributed by atoms with van der Waals surface area (Å²) in [6.07, 6.45) is 6.67. The van der Waals surface area contributed by atoms with Gasteiger partial charge in [-0.1, -0.05) is 26.0 Å². The third-order valence-corrected chi connectivity index (χ3v) is 5.42. The number of hydrogen-bond acceptors (Lipinski definition) is 4. The smallest absolute Gasteiger partial charge is 0.227 e. The molecule has 1 aliphatic rings. The van der Waals surface area contributed by atoms with Crippen LogP contribution in [0.15, 0.2) is 30.6 Å². The average molecular weight is 327 g/mol. The van der Waals surface area contributed by atoms with Gasteiger partial charge in [0.05, 0.1) is 12.1 Å². The fourth-order valence-corrected chi connectivity index (χ4v) is 3.58. The topological polar surface area (TPSA) is 63.9 Å². The molecule has 1 aromatic carbocycles. The van der Waals surface area contributed by atoms with E-state index in [2.05, 4.69) is 34.3 Å². The second-order valence-electron chi connectivity index (χ2n) is 6.72. The lowest BCUT2D eigenvalue weighted by Gasteiger charge is -2.42. The highest BCUT2D eigenvalue weighted by molar-refractivity contribution is 5.79. The van der Waals surface area contributed by atoms with E-state index in [1.165, 1.54) is 6.42 Å². The molecule has 0 bridgehead atoms. The van der Waals surface area contributed by atoms with E-state index in [0.717, 1.165) is 43.6 Å². The summed E-state index contributed by atoms with van der Waals surface area (Å²) in [4.78, 5) is 14.8. The zero-order valence-electron chi connectivity index (χ0n) is 14.5. The van der Waals surface area contributed by atoms with Gasteiger partial charge in [-0.15, -0.1) is 5.10 Å². The van der Waals surface area contributed by atoms with Gasteiger partial charge in [0.1, 0.15) is 6.33 Å². The van der Waals surface area contributed by atoms with Crippen molar-refractivity contribution in [3.63, 3.8) is 0 Å². The first-order chi connectivity index (χ1) is 11.7. The van der Waals surface area contributed by atoms with E-state index >= 15 is 0 Å². The Morgan fingerprint density at radius 1 is 1.21 bits per heavy atom. The van der Waals surface area contributed by atoms with E-state index in [4.69, 9.17) is 0 Å². The highest BCUT2D eigenvalue weighted by atomic mass is 16.2. The summed E-state index contributed by atoms with van der Waals surface area (Å²) in [6.45, 7) is 6.29. The van der Waals surface area contributed by atoms with Crippen LogP contribution in [0, 0.1) is 5.41 Å². The van der Waals surface area contributed by atoms with Crippen molar-refractivity contribution in [2.24, 2.45) is 5.41 Å². The largest absolute Gasteiger partial charge is 0.342 e. The van der Waals surface area contributed by atoms with Gasteiger partial charge >= 0.3 is 0 Å². The zero-order valence-corrected chi connectivity index (χ0v) is 14.5. The molecule has 24 heavy (non-hydrogen) atoms. The van der Waals surface area contributed by atoms with Crippen molar-refractivity contribution in [1.82, 2.24) is 25.1 Å². The number of hydrogen-bond donors (Lipinski definition) is 0. The summed E-state index contributed by atoms with van der Waals surface area (Å²) in [5.74, 6) is 0.233. The second kappa shape index (κ2) is 7.11. The molecule has 128 valence electrons. The number of benzene rings is 1. The Morgan fingerprint density at radius 3 is 2.58 bits per heavy atom. The number of amides is 1. The number of carbonyl (C=O) groups excluding carboxylic acids is 1. The van der Waals surface area contributed by atoms with Crippen LogP contribution in [0.1, 0.15) is 45.1 Å². The van der Waals surface area contributed by atoms with Crippen molar-refractivity contribution >= 4 is 5.91 Å². The van der Waals surface area contributed by atoms with Crippen molar-refractivity contribution in [2.75, 3.05) is 13.1 Å². The number of aromatic nitrogens is 4. The SMILES string of the molecule is CCC1(CC)CCCN(C(=O)Cc2ccc(-n3cnnn3)cc2)C1. The van der Waals surface area contributed by atoms with Crippen molar-refractivity contribution < 1.29 is 4.79 Å². The highest BCUT2D eigenvalue weighted by Crippen LogP contribution is 2.36. The molecular formula is C18H25N5O. The van der Waals surface area contributed by atoms with E-state index in [0.29, 0.717) is 11.8 Å². The molecule has 0 saturated carbocycles. The number of tetrazole rings is 1. The van der Waals surface area contributed by atoms with Crippen LogP contribution in [-0.2, 0) is 11.2 Å². The van der Waals surface area contributed by atoms with Crippen molar-refractivity contribution in [2.45, 2.75) is 46.0 Å². The standard InChI is InChI=1S/C18H25N5O/c1-3-18(4-2)10-5-11-22(13-18)17(24)12-15-6-8-16(9-7-15)23-14-19-20-21-23/h6-9,14H,3-5,10-13H2,1-2H3. The van der Waals surface area contributed by atoms with Gasteiger partial charge in [-0.05, 0) is 59.2 Å². The Morgan fingerprint density at radius 2 is 1.96 bits per heavy atom. The molecule has 0 aliphatic carbocycles. The monoisotopic (exact) mass is 327 g/mol. The van der Waals surface area contributed by atoms with Gasteiger partial charge < -0.3 is 4.90 Å². The lowest BCUT2D eigenvalue weighted by molar-refractivity contribution is -0.134. The molecule has 6 nitrogen and oxygen atoms in total. The molecule has 1 fully saturated rings. The maximum atomic E-state index is 12.7. The molecule has 0 radical (unpaired) electrons. The van der Waals surface area contributed by atoms with Crippen molar-refractivity contribution in [3.8, 4) is 5.69 Å². The zero-order chi connectivity index (χ0) is 17.0. The summed E-state index contributed by atoms with van der Waals surface area (Å²) >= 11 is 0. The number of carbonyl (C=O) groups is 1. The van der Waals surface area contributed by atoms with Crippen molar-refractivity contribution in [3.05, 3.63) is 36.2 Å². The molecule has 2 aromatic rings. The number of likely N-dealkylation sites (tertiary alicyclic amines) is 1. The molecule has 1 amide bonds. The lowest BCUT2D eigenvalue weighted by atomic mass is 9.75. The predicted octanol–water partition coefficient (Wildman–Crippen LogP) is 2.63. The maximum absolute atomic E-state index is 12.7. The van der Waals surface area contributed by atoms with Crippen LogP contribution in [-0.4, -0.2) is 44.1 Å². The highest BCUT2D eigenvalue weighted by Gasteiger charge is 2.33. The van der Waals surface area contributed by atoms with Crippen LogP contribution < -0.4 is 0 Å². The fourth-order valence-electron chi connectivity index (χ4n) is 3.58. The van der Waals surface area contributed by atoms with E-state index in [1.807, 2.05) is 24.3 Å². The van der Waals surface area contributed by atoms with Crippen LogP contribution in [0.3, 0.4) is 0 Å². The van der Waals surface area contributed by atoms with Crippen LogP contribution in [0.25, 0.3) is 5.69 Å². The molecule has 1 saturated heterocycles. The Balaban J connectivity index is 1.64. The Labute approximate surface area is 142 Å². The molecule has 6 heteroatoms. The minimum atomic E-state index is 0.233. The van der Waals surface area contributed by atoms with Crippen molar-refractivity contribution in [1.29, 1.82) is 0 Å². The molecule has 1 aromatic heterocycles. The number of nitrogens with zero attached hydrogens (tertiary/aromatic N) is 5. The lowest BCUT2D eigenvalue weighted by Crippen LogP contribution is -2.46. The van der Waals surface area contributed by atoms with Crippen LogP contribution in [0.4, 0.5) is 0 Å². The van der Waals surface area contributed by atoms with Gasteiger partial charge in [-0.3, -0.25) is 4.79 Å². The third-order valence-electron chi connectivity index (χ3n) is 5.42. The van der Waals surface area contributed by atoms with Crippen LogP contribution >= 0.6 is 0 Å². The summed E-state index contributed by atoms with van der Waals surface area (Å²) < 4.78 is 1.60. The molecule has 0 N–H and O–H groups in total. The molecule has 0 atom stereocenters. The third kappa shape index (κ3) is 3.47. The normalized spacial score (nSPS) is 17.0. The van der Waals surface area contributed by atoms with Gasteiger partial charge in [-0.2, -0.15) is 0 Å². The fraction of sp³-hybridized carbons (Fsp3) is 0.556. The number of rotatable bonds is 5. The predicted molar refractivity (Wildman–Crippen MR) is 91.7 cm³/mol. The first-order valence-corrected chi connectivity index (χ1v) is 8.76.